The first-order valence-electron chi connectivity index (χ1n) is 0.836. The molecule has 0 saturated carbocycles. The minimum atomic E-state index is -4.69. The van der Waals surface area contributed by atoms with Gasteiger partial charge >= 0.3 is 18.9 Å². The van der Waals surface area contributed by atoms with Gasteiger partial charge in [-0.15, -0.1) is 0 Å². The number of rotatable bonds is 0. The Morgan fingerprint density at radius 3 is 1.25 bits per heavy atom. The summed E-state index contributed by atoms with van der Waals surface area (Å²) < 4.78 is 40.8. The van der Waals surface area contributed by atoms with E-state index in [2.05, 4.69) is 0 Å². The second kappa shape index (κ2) is 7.88. The zero-order valence-corrected chi connectivity index (χ0v) is 4.71. The molecule has 8 heteroatoms. The molecule has 0 unspecified atom stereocenters. The Bertz CT molecular complexity index is 36.2. The molecule has 0 aliphatic rings. The van der Waals surface area contributed by atoms with Gasteiger partial charge in [0.05, 0.1) is 14.9 Å². The van der Waals surface area contributed by atoms with Crippen molar-refractivity contribution < 1.29 is 33.1 Å². The van der Waals surface area contributed by atoms with Gasteiger partial charge in [-0.25, -0.2) is 0 Å². The van der Waals surface area contributed by atoms with Crippen LogP contribution in [0.4, 0.5) is 0 Å². The molecule has 0 aromatic heterocycles. The molecule has 0 spiro atoms. The van der Waals surface area contributed by atoms with Crippen LogP contribution in [0.5, 0.6) is 0 Å². The minimum Gasteiger partial charge on any atom is -0.183 e. The van der Waals surface area contributed by atoms with E-state index in [1.54, 1.807) is 12.5 Å². The fraction of sp³-hybridized carbons (Fsp3) is 0. The van der Waals surface area contributed by atoms with Crippen LogP contribution >= 0.6 is 0 Å². The van der Waals surface area contributed by atoms with Crippen molar-refractivity contribution in [2.24, 2.45) is 0 Å². The molecule has 0 amide bonds. The summed E-state index contributed by atoms with van der Waals surface area (Å²) in [5.74, 6) is 0. The van der Waals surface area contributed by atoms with Crippen molar-refractivity contribution in [1.82, 2.24) is 0 Å². The Labute approximate surface area is 64.8 Å². The summed E-state index contributed by atoms with van der Waals surface area (Å²) in [6.07, 6.45) is 0. The van der Waals surface area contributed by atoms with Crippen LogP contribution in [-0.2, 0) is 12.5 Å². The average Bonchev–Trinajstić information content (AvgIpc) is 1.36. The van der Waals surface area contributed by atoms with E-state index in [1.807, 2.05) is 0 Å². The van der Waals surface area contributed by atoms with Crippen LogP contribution in [0.1, 0.15) is 0 Å². The molecule has 0 bridgehead atoms. The molecular weight excluding hydrogens is 154 g/mol. The second-order valence-electron chi connectivity index (χ2n) is 0.396. The van der Waals surface area contributed by atoms with Crippen molar-refractivity contribution in [3.63, 3.8) is 0 Å². The van der Waals surface area contributed by atoms with Crippen LogP contribution in [0.15, 0.2) is 0 Å². The van der Waals surface area contributed by atoms with Gasteiger partial charge < -0.3 is 0 Å². The topological polar surface area (TPSA) is 106 Å². The molecule has 0 radical (unpaired) electrons. The van der Waals surface area contributed by atoms with Crippen LogP contribution in [0.2, 0.25) is 0 Å². The fourth-order valence-corrected chi connectivity index (χ4v) is 0. The standard InChI is InChI=1S/ClHO4.Li.H2OS.H/c2-1(3,4)5;;1-2;/h(H,2,3,4,5);;2H2;. The smallest absolute Gasteiger partial charge is 0.0777 e. The first-order valence-corrected chi connectivity index (χ1v) is 2.51. The van der Waals surface area contributed by atoms with Gasteiger partial charge in [0.1, 0.15) is 0 Å². The van der Waals surface area contributed by atoms with Gasteiger partial charge in [-0.05, 0) is 12.5 Å². The monoisotopic (exact) mass is 158 g/mol. The maximum atomic E-state index is 8.60. The molecule has 0 atom stereocenters. The van der Waals surface area contributed by atoms with E-state index in [9.17, 15) is 0 Å². The Kier molecular flexibility index (Phi) is 15.7. The van der Waals surface area contributed by atoms with E-state index in [1.165, 1.54) is 0 Å². The molecule has 0 aromatic carbocycles. The van der Waals surface area contributed by atoms with Crippen molar-refractivity contribution >= 4 is 31.4 Å². The SMILES string of the molecule is O=[SH2].[LiH].[O-][Cl+3]([O-])([O-])O. The van der Waals surface area contributed by atoms with Crippen LogP contribution in [0.3, 0.4) is 0 Å². The van der Waals surface area contributed by atoms with E-state index in [-0.39, 0.29) is 18.9 Å². The zero-order chi connectivity index (χ0) is 6.50. The Balaban J connectivity index is -0.0000000750. The molecule has 0 heterocycles. The summed E-state index contributed by atoms with van der Waals surface area (Å²) in [4.78, 5) is 0. The largest absolute Gasteiger partial charge is 0.183 e. The van der Waals surface area contributed by atoms with Gasteiger partial charge in [-0.1, -0.05) is 0 Å². The summed E-state index contributed by atoms with van der Waals surface area (Å²) in [7, 11) is -4.69. The Morgan fingerprint density at radius 1 is 1.25 bits per heavy atom. The second-order valence-corrected chi connectivity index (χ2v) is 1.19. The Hall–Kier alpha value is 0.877. The fourth-order valence-electron chi connectivity index (χ4n) is 0. The summed E-state index contributed by atoms with van der Waals surface area (Å²) in [5.41, 5.74) is 0. The number of hydrogen-bond acceptors (Lipinski definition) is 5. The maximum Gasteiger partial charge on any atom is 0.0777 e. The van der Waals surface area contributed by atoms with Gasteiger partial charge in [0.15, 0.2) is 0 Å². The minimum absolute atomic E-state index is 0. The molecule has 8 heavy (non-hydrogen) atoms. The summed E-state index contributed by atoms with van der Waals surface area (Å²) >= 11 is 1.72. The van der Waals surface area contributed by atoms with Crippen molar-refractivity contribution in [2.75, 3.05) is 0 Å². The molecular formula is H4ClLiO5S. The molecule has 5 nitrogen and oxygen atoms in total. The van der Waals surface area contributed by atoms with Gasteiger partial charge in [-0.3, -0.25) is 4.21 Å². The molecule has 0 rings (SSSR count). The van der Waals surface area contributed by atoms with Crippen LogP contribution in [-0.4, -0.2) is 27.7 Å². The van der Waals surface area contributed by atoms with E-state index in [0.717, 1.165) is 0 Å². The summed E-state index contributed by atoms with van der Waals surface area (Å²) in [5, 5.41) is 0. The third-order valence-electron chi connectivity index (χ3n) is 0. The molecule has 48 valence electrons. The average molecular weight is 158 g/mol. The van der Waals surface area contributed by atoms with Crippen molar-refractivity contribution in [1.29, 1.82) is 0 Å². The summed E-state index contributed by atoms with van der Waals surface area (Å²) in [6.45, 7) is 0. The third-order valence-corrected chi connectivity index (χ3v) is 0. The van der Waals surface area contributed by atoms with Crippen molar-refractivity contribution in [2.45, 2.75) is 0 Å². The maximum absolute atomic E-state index is 8.60. The predicted molar refractivity (Wildman–Crippen MR) is 20.3 cm³/mol. The molecule has 0 aromatic rings. The van der Waals surface area contributed by atoms with Crippen LogP contribution in [0.25, 0.3) is 0 Å². The van der Waals surface area contributed by atoms with E-state index >= 15 is 0 Å². The van der Waals surface area contributed by atoms with Crippen LogP contribution in [0, 0.1) is 10.2 Å². The molecule has 0 saturated heterocycles. The predicted octanol–water partition coefficient (Wildman–Crippen LogP) is -5.64. The van der Waals surface area contributed by atoms with E-state index < -0.39 is 10.2 Å². The Morgan fingerprint density at radius 2 is 1.25 bits per heavy atom. The van der Waals surface area contributed by atoms with Gasteiger partial charge in [0.2, 0.25) is 0 Å². The molecule has 1 N–H and O–H groups in total. The first-order chi connectivity index (χ1) is 3.00. The van der Waals surface area contributed by atoms with E-state index in [4.69, 9.17) is 22.8 Å². The third kappa shape index (κ3) is 309. The van der Waals surface area contributed by atoms with Gasteiger partial charge in [0.25, 0.3) is 0 Å². The van der Waals surface area contributed by atoms with Crippen LogP contribution < -0.4 is 14.0 Å². The number of halogens is 1. The molecule has 0 aliphatic heterocycles. The zero-order valence-electron chi connectivity index (χ0n) is 2.96. The summed E-state index contributed by atoms with van der Waals surface area (Å²) in [6, 6.07) is 0. The van der Waals surface area contributed by atoms with Gasteiger partial charge in [0, 0.05) is 0 Å². The quantitative estimate of drug-likeness (QED) is 0.354. The first kappa shape index (κ1) is 15.9. The normalized spacial score (nSPS) is 8.12. The number of hydrogen-bond donors (Lipinski definition) is 1. The van der Waals surface area contributed by atoms with Crippen molar-refractivity contribution in [3.8, 4) is 0 Å². The molecule has 0 aliphatic carbocycles. The molecule has 0 fully saturated rings. The van der Waals surface area contributed by atoms with Gasteiger partial charge in [-0.2, -0.15) is 14.0 Å². The van der Waals surface area contributed by atoms with Crippen molar-refractivity contribution in [3.05, 3.63) is 0 Å². The van der Waals surface area contributed by atoms with E-state index in [0.29, 0.717) is 0 Å².